The molecule has 2 rings (SSSR count). The smallest absolute Gasteiger partial charge is 0.146 e. The summed E-state index contributed by atoms with van der Waals surface area (Å²) in [6.45, 7) is 0. The normalized spacial score (nSPS) is 12.6. The number of pyridine rings is 1. The third-order valence-electron chi connectivity index (χ3n) is 2.40. The molecule has 0 saturated carbocycles. The average Bonchev–Trinajstić information content (AvgIpc) is 2.73. The molecule has 2 heterocycles. The number of nitrogens with two attached hydrogens (primary N) is 1. The van der Waals surface area contributed by atoms with Crippen LogP contribution in [0.15, 0.2) is 34.2 Å². The van der Waals surface area contributed by atoms with E-state index in [9.17, 15) is 4.39 Å². The van der Waals surface area contributed by atoms with Crippen LogP contribution in [-0.2, 0) is 6.42 Å². The first-order valence-corrected chi connectivity index (χ1v) is 6.68. The van der Waals surface area contributed by atoms with Crippen LogP contribution in [0.5, 0.6) is 0 Å². The summed E-state index contributed by atoms with van der Waals surface area (Å²) in [7, 11) is 0. The van der Waals surface area contributed by atoms with Crippen LogP contribution in [0.2, 0.25) is 0 Å². The molecular weight excluding hydrogens is 305 g/mol. The topological polar surface area (TPSA) is 50.9 Å². The molecule has 0 bridgehead atoms. The lowest BCUT2D eigenvalue weighted by atomic mass is 10.1. The van der Waals surface area contributed by atoms with E-state index >= 15 is 0 Å². The van der Waals surface area contributed by atoms with Gasteiger partial charge in [-0.25, -0.2) is 4.39 Å². The summed E-state index contributed by atoms with van der Waals surface area (Å²) in [6.07, 6.45) is 2.16. The maximum absolute atomic E-state index is 13.6. The number of hydrazine groups is 1. The van der Waals surface area contributed by atoms with Gasteiger partial charge in [0.2, 0.25) is 0 Å². The summed E-state index contributed by atoms with van der Waals surface area (Å²) in [5.41, 5.74) is 2.95. The Morgan fingerprint density at radius 3 is 2.94 bits per heavy atom. The van der Waals surface area contributed by atoms with Crippen molar-refractivity contribution in [3.05, 3.63) is 50.6 Å². The fourth-order valence-electron chi connectivity index (χ4n) is 1.54. The molecule has 0 saturated heterocycles. The number of nitrogens with zero attached hydrogens (tertiary/aromatic N) is 1. The Labute approximate surface area is 111 Å². The van der Waals surface area contributed by atoms with Gasteiger partial charge in [-0.2, -0.15) is 0 Å². The molecule has 0 aliphatic carbocycles. The fraction of sp³-hybridized carbons (Fsp3) is 0.182. The van der Waals surface area contributed by atoms with Crippen LogP contribution < -0.4 is 11.3 Å². The Hall–Kier alpha value is -0.820. The van der Waals surface area contributed by atoms with Crippen molar-refractivity contribution in [2.24, 2.45) is 5.84 Å². The monoisotopic (exact) mass is 315 g/mol. The zero-order valence-electron chi connectivity index (χ0n) is 8.86. The summed E-state index contributed by atoms with van der Waals surface area (Å²) in [6, 6.07) is 4.58. The minimum Gasteiger partial charge on any atom is -0.271 e. The van der Waals surface area contributed by atoms with E-state index in [1.165, 1.54) is 6.07 Å². The molecule has 3 N–H and O–H groups in total. The van der Waals surface area contributed by atoms with Crippen LogP contribution in [0.25, 0.3) is 0 Å². The average molecular weight is 316 g/mol. The Kier molecular flexibility index (Phi) is 4.22. The van der Waals surface area contributed by atoms with Gasteiger partial charge in [-0.15, -0.1) is 11.3 Å². The predicted molar refractivity (Wildman–Crippen MR) is 70.0 cm³/mol. The van der Waals surface area contributed by atoms with Crippen molar-refractivity contribution in [3.8, 4) is 0 Å². The molecule has 6 heteroatoms. The van der Waals surface area contributed by atoms with Gasteiger partial charge < -0.3 is 0 Å². The molecule has 2 aromatic rings. The highest BCUT2D eigenvalue weighted by molar-refractivity contribution is 9.10. The van der Waals surface area contributed by atoms with Gasteiger partial charge >= 0.3 is 0 Å². The maximum atomic E-state index is 13.6. The molecule has 17 heavy (non-hydrogen) atoms. The highest BCUT2D eigenvalue weighted by atomic mass is 79.9. The van der Waals surface area contributed by atoms with E-state index in [2.05, 4.69) is 26.3 Å². The summed E-state index contributed by atoms with van der Waals surface area (Å²) in [5.74, 6) is 5.13. The largest absolute Gasteiger partial charge is 0.271 e. The van der Waals surface area contributed by atoms with Gasteiger partial charge in [0.1, 0.15) is 5.82 Å². The van der Waals surface area contributed by atoms with Gasteiger partial charge in [0.25, 0.3) is 0 Å². The molecule has 0 amide bonds. The number of hydrogen-bond donors (Lipinski definition) is 2. The number of aromatic nitrogens is 1. The first-order chi connectivity index (χ1) is 8.22. The van der Waals surface area contributed by atoms with Gasteiger partial charge in [0.15, 0.2) is 0 Å². The number of nitrogens with one attached hydrogen (secondary N) is 1. The van der Waals surface area contributed by atoms with Gasteiger partial charge in [0, 0.05) is 22.0 Å². The molecule has 0 radical (unpaired) electrons. The molecule has 0 aromatic carbocycles. The van der Waals surface area contributed by atoms with Crippen molar-refractivity contribution < 1.29 is 4.39 Å². The molecular formula is C11H11BrFN3S. The van der Waals surface area contributed by atoms with Crippen LogP contribution in [0.1, 0.15) is 16.6 Å². The number of hydrogen-bond acceptors (Lipinski definition) is 4. The Morgan fingerprint density at radius 2 is 2.35 bits per heavy atom. The number of thiophene rings is 1. The zero-order chi connectivity index (χ0) is 12.3. The molecule has 1 atom stereocenters. The first kappa shape index (κ1) is 12.6. The minimum atomic E-state index is -0.344. The molecule has 2 aromatic heterocycles. The third-order valence-corrected chi connectivity index (χ3v) is 4.35. The second-order valence-corrected chi connectivity index (χ2v) is 5.34. The molecule has 0 spiro atoms. The van der Waals surface area contributed by atoms with Crippen molar-refractivity contribution >= 4 is 27.3 Å². The zero-order valence-corrected chi connectivity index (χ0v) is 11.3. The second kappa shape index (κ2) is 5.68. The minimum absolute atomic E-state index is 0.328. The second-order valence-electron chi connectivity index (χ2n) is 3.49. The lowest BCUT2D eigenvalue weighted by Gasteiger charge is -2.15. The maximum Gasteiger partial charge on any atom is 0.146 e. The van der Waals surface area contributed by atoms with Crippen molar-refractivity contribution in [3.63, 3.8) is 0 Å². The van der Waals surface area contributed by atoms with E-state index < -0.39 is 0 Å². The highest BCUT2D eigenvalue weighted by Crippen LogP contribution is 2.28. The number of rotatable bonds is 4. The van der Waals surface area contributed by atoms with E-state index in [0.29, 0.717) is 12.1 Å². The van der Waals surface area contributed by atoms with Crippen LogP contribution in [0.4, 0.5) is 4.39 Å². The fourth-order valence-corrected chi connectivity index (χ4v) is 3.11. The van der Waals surface area contributed by atoms with E-state index in [1.54, 1.807) is 23.6 Å². The highest BCUT2D eigenvalue weighted by Gasteiger charge is 2.17. The molecule has 1 unspecified atom stereocenters. The Morgan fingerprint density at radius 1 is 1.53 bits per heavy atom. The van der Waals surface area contributed by atoms with Crippen molar-refractivity contribution in [1.29, 1.82) is 0 Å². The van der Waals surface area contributed by atoms with E-state index in [4.69, 9.17) is 5.84 Å². The van der Waals surface area contributed by atoms with Crippen LogP contribution in [-0.4, -0.2) is 4.98 Å². The van der Waals surface area contributed by atoms with Gasteiger partial charge in [0.05, 0.1) is 11.7 Å². The summed E-state index contributed by atoms with van der Waals surface area (Å²) in [4.78, 5) is 5.14. The van der Waals surface area contributed by atoms with E-state index in [1.807, 2.05) is 11.4 Å². The van der Waals surface area contributed by atoms with Crippen molar-refractivity contribution in [1.82, 2.24) is 10.4 Å². The summed E-state index contributed by atoms with van der Waals surface area (Å²) >= 11 is 5.04. The lowest BCUT2D eigenvalue weighted by Crippen LogP contribution is -2.30. The predicted octanol–water partition coefficient (Wildman–Crippen LogP) is 2.79. The van der Waals surface area contributed by atoms with Gasteiger partial charge in [-0.1, -0.05) is 0 Å². The lowest BCUT2D eigenvalue weighted by molar-refractivity contribution is 0.496. The van der Waals surface area contributed by atoms with Crippen molar-refractivity contribution in [2.75, 3.05) is 0 Å². The Bertz CT molecular complexity index is 503. The van der Waals surface area contributed by atoms with E-state index in [-0.39, 0.29) is 11.9 Å². The summed E-state index contributed by atoms with van der Waals surface area (Å²) < 4.78 is 14.6. The quantitative estimate of drug-likeness (QED) is 0.674. The number of halogens is 2. The van der Waals surface area contributed by atoms with E-state index in [0.717, 1.165) is 9.35 Å². The summed E-state index contributed by atoms with van der Waals surface area (Å²) in [5, 5.41) is 1.97. The van der Waals surface area contributed by atoms with Crippen LogP contribution in [0.3, 0.4) is 0 Å². The third kappa shape index (κ3) is 2.90. The standard InChI is InChI=1S/C11H11BrFN3S/c12-7-3-5-17-10(7)6-9(16-14)11-8(13)2-1-4-15-11/h1-5,9,16H,6,14H2. The van der Waals surface area contributed by atoms with Crippen LogP contribution in [0, 0.1) is 5.82 Å². The molecule has 0 aliphatic rings. The Balaban J connectivity index is 2.23. The molecule has 0 fully saturated rings. The van der Waals surface area contributed by atoms with Crippen LogP contribution >= 0.6 is 27.3 Å². The molecule has 0 aliphatic heterocycles. The molecule has 90 valence electrons. The van der Waals surface area contributed by atoms with Gasteiger partial charge in [-0.3, -0.25) is 16.3 Å². The SMILES string of the molecule is NNC(Cc1sccc1Br)c1ncccc1F. The van der Waals surface area contributed by atoms with Gasteiger partial charge in [-0.05, 0) is 39.5 Å². The molecule has 3 nitrogen and oxygen atoms in total. The van der Waals surface area contributed by atoms with Crippen molar-refractivity contribution in [2.45, 2.75) is 12.5 Å². The first-order valence-electron chi connectivity index (χ1n) is 5.00.